The van der Waals surface area contributed by atoms with E-state index < -0.39 is 29.6 Å². The smallest absolute Gasteiger partial charge is 0.407 e. The van der Waals surface area contributed by atoms with Crippen molar-refractivity contribution in [3.05, 3.63) is 0 Å². The van der Waals surface area contributed by atoms with Crippen molar-refractivity contribution in [3.63, 3.8) is 0 Å². The Morgan fingerprint density at radius 3 is 2.41 bits per heavy atom. The molecule has 0 saturated carbocycles. The number of carboxylic acid groups (broad SMARTS) is 1. The fourth-order valence-electron chi connectivity index (χ4n) is 2.43. The molecule has 2 amide bonds. The van der Waals surface area contributed by atoms with Gasteiger partial charge in [0.05, 0.1) is 12.0 Å². The molecular formula is C15H26N2O5. The van der Waals surface area contributed by atoms with Gasteiger partial charge in [0.1, 0.15) is 5.60 Å². The summed E-state index contributed by atoms with van der Waals surface area (Å²) < 4.78 is 5.18. The van der Waals surface area contributed by atoms with Crippen molar-refractivity contribution in [2.45, 2.75) is 58.6 Å². The number of carbonyl (C=O) groups is 3. The van der Waals surface area contributed by atoms with Crippen LogP contribution in [0.5, 0.6) is 0 Å². The average Bonchev–Trinajstić information content (AvgIpc) is 2.36. The molecule has 0 aliphatic carbocycles. The Morgan fingerprint density at radius 2 is 1.91 bits per heavy atom. The van der Waals surface area contributed by atoms with Gasteiger partial charge in [0.25, 0.3) is 0 Å². The minimum atomic E-state index is -0.954. The molecule has 1 aliphatic heterocycles. The highest BCUT2D eigenvalue weighted by Crippen LogP contribution is 2.19. The number of ether oxygens (including phenoxy) is 1. The van der Waals surface area contributed by atoms with Crippen molar-refractivity contribution in [1.29, 1.82) is 0 Å². The van der Waals surface area contributed by atoms with Crippen LogP contribution in [0.25, 0.3) is 0 Å². The monoisotopic (exact) mass is 314 g/mol. The third kappa shape index (κ3) is 5.91. The number of nitrogens with one attached hydrogen (secondary N) is 1. The van der Waals surface area contributed by atoms with Gasteiger partial charge >= 0.3 is 12.1 Å². The van der Waals surface area contributed by atoms with Crippen LogP contribution in [0.4, 0.5) is 4.79 Å². The summed E-state index contributed by atoms with van der Waals surface area (Å²) >= 11 is 0. The van der Waals surface area contributed by atoms with Crippen LogP contribution in [0.3, 0.4) is 0 Å². The first-order valence-electron chi connectivity index (χ1n) is 7.62. The van der Waals surface area contributed by atoms with Crippen molar-refractivity contribution in [2.24, 2.45) is 5.92 Å². The fourth-order valence-corrected chi connectivity index (χ4v) is 2.43. The number of hydrogen-bond donors (Lipinski definition) is 2. The van der Waals surface area contributed by atoms with E-state index in [9.17, 15) is 19.5 Å². The molecule has 1 aliphatic rings. The SMILES string of the molecule is CCCC(=O)N1CC(NC(=O)OC(C)(C)C)CC(C(=O)O)C1. The normalized spacial score (nSPS) is 22.1. The van der Waals surface area contributed by atoms with E-state index in [-0.39, 0.29) is 12.5 Å². The molecule has 1 saturated heterocycles. The average molecular weight is 314 g/mol. The zero-order valence-electron chi connectivity index (χ0n) is 13.7. The molecular weight excluding hydrogens is 288 g/mol. The molecule has 1 fully saturated rings. The van der Waals surface area contributed by atoms with E-state index in [0.29, 0.717) is 25.8 Å². The van der Waals surface area contributed by atoms with E-state index in [2.05, 4.69) is 5.32 Å². The van der Waals surface area contributed by atoms with Crippen molar-refractivity contribution in [3.8, 4) is 0 Å². The number of carbonyl (C=O) groups excluding carboxylic acids is 2. The molecule has 2 unspecified atom stereocenters. The number of alkyl carbamates (subject to hydrolysis) is 1. The number of piperidine rings is 1. The molecule has 7 nitrogen and oxygen atoms in total. The molecule has 1 rings (SSSR count). The lowest BCUT2D eigenvalue weighted by molar-refractivity contribution is -0.146. The summed E-state index contributed by atoms with van der Waals surface area (Å²) in [6, 6.07) is -0.412. The Kier molecular flexibility index (Phi) is 6.20. The van der Waals surface area contributed by atoms with Crippen LogP contribution < -0.4 is 5.32 Å². The van der Waals surface area contributed by atoms with Gasteiger partial charge in [-0.2, -0.15) is 0 Å². The maximum Gasteiger partial charge on any atom is 0.407 e. The maximum absolute atomic E-state index is 12.0. The summed E-state index contributed by atoms with van der Waals surface area (Å²) in [5, 5.41) is 11.9. The second kappa shape index (κ2) is 7.47. The van der Waals surface area contributed by atoms with E-state index in [1.165, 1.54) is 4.90 Å². The van der Waals surface area contributed by atoms with Crippen LogP contribution in [0.2, 0.25) is 0 Å². The van der Waals surface area contributed by atoms with E-state index in [1.54, 1.807) is 20.8 Å². The summed E-state index contributed by atoms with van der Waals surface area (Å²) in [6.07, 6.45) is 0.791. The van der Waals surface area contributed by atoms with Crippen molar-refractivity contribution in [2.75, 3.05) is 13.1 Å². The number of hydrogen-bond acceptors (Lipinski definition) is 4. The molecule has 0 bridgehead atoms. The van der Waals surface area contributed by atoms with Gasteiger partial charge in [0, 0.05) is 19.5 Å². The highest BCUT2D eigenvalue weighted by atomic mass is 16.6. The van der Waals surface area contributed by atoms with Gasteiger partial charge in [-0.3, -0.25) is 9.59 Å². The second-order valence-corrected chi connectivity index (χ2v) is 6.66. The molecule has 0 aromatic heterocycles. The number of carboxylic acids is 1. The maximum atomic E-state index is 12.0. The first-order chi connectivity index (χ1) is 10.1. The lowest BCUT2D eigenvalue weighted by Crippen LogP contribution is -2.54. The topological polar surface area (TPSA) is 95.9 Å². The van der Waals surface area contributed by atoms with Crippen LogP contribution in [-0.4, -0.2) is 52.7 Å². The number of aliphatic carboxylic acids is 1. The Bertz CT molecular complexity index is 430. The molecule has 2 atom stereocenters. The van der Waals surface area contributed by atoms with Crippen LogP contribution in [0, 0.1) is 5.92 Å². The molecule has 0 aromatic rings. The number of likely N-dealkylation sites (tertiary alicyclic amines) is 1. The van der Waals surface area contributed by atoms with Crippen LogP contribution >= 0.6 is 0 Å². The van der Waals surface area contributed by atoms with Crippen molar-refractivity contribution >= 4 is 18.0 Å². The lowest BCUT2D eigenvalue weighted by Gasteiger charge is -2.36. The van der Waals surface area contributed by atoms with Gasteiger partial charge in [-0.05, 0) is 33.6 Å². The molecule has 126 valence electrons. The van der Waals surface area contributed by atoms with Gasteiger partial charge in [0.15, 0.2) is 0 Å². The Morgan fingerprint density at radius 1 is 1.27 bits per heavy atom. The zero-order valence-corrected chi connectivity index (χ0v) is 13.7. The zero-order chi connectivity index (χ0) is 16.9. The number of nitrogens with zero attached hydrogens (tertiary/aromatic N) is 1. The molecule has 22 heavy (non-hydrogen) atoms. The first-order valence-corrected chi connectivity index (χ1v) is 7.62. The van der Waals surface area contributed by atoms with Crippen molar-refractivity contribution in [1.82, 2.24) is 10.2 Å². The van der Waals surface area contributed by atoms with Crippen LogP contribution in [0.1, 0.15) is 47.0 Å². The lowest BCUT2D eigenvalue weighted by atomic mass is 9.94. The van der Waals surface area contributed by atoms with Gasteiger partial charge in [-0.25, -0.2) is 4.79 Å². The highest BCUT2D eigenvalue weighted by Gasteiger charge is 2.34. The molecule has 7 heteroatoms. The third-order valence-electron chi connectivity index (χ3n) is 3.34. The van der Waals surface area contributed by atoms with Crippen LogP contribution in [0.15, 0.2) is 0 Å². The molecule has 0 spiro atoms. The highest BCUT2D eigenvalue weighted by molar-refractivity contribution is 5.78. The van der Waals surface area contributed by atoms with Gasteiger partial charge in [-0.1, -0.05) is 6.92 Å². The standard InChI is InChI=1S/C15H26N2O5/c1-5-6-12(18)17-8-10(13(19)20)7-11(9-17)16-14(21)22-15(2,3)4/h10-11H,5-9H2,1-4H3,(H,16,21)(H,19,20). The Labute approximate surface area is 131 Å². The predicted molar refractivity (Wildman–Crippen MR) is 80.4 cm³/mol. The molecule has 2 N–H and O–H groups in total. The van der Waals surface area contributed by atoms with Gasteiger partial charge in [0.2, 0.25) is 5.91 Å². The summed E-state index contributed by atoms with van der Waals surface area (Å²) in [5.74, 6) is -1.70. The second-order valence-electron chi connectivity index (χ2n) is 6.66. The van der Waals surface area contributed by atoms with E-state index in [4.69, 9.17) is 4.74 Å². The third-order valence-corrected chi connectivity index (χ3v) is 3.34. The first kappa shape index (κ1) is 18.3. The summed E-state index contributed by atoms with van der Waals surface area (Å²) in [4.78, 5) is 36.6. The summed E-state index contributed by atoms with van der Waals surface area (Å²) in [6.45, 7) is 7.68. The predicted octanol–water partition coefficient (Wildman–Crippen LogP) is 1.61. The minimum absolute atomic E-state index is 0.0792. The summed E-state index contributed by atoms with van der Waals surface area (Å²) in [5.41, 5.74) is -0.622. The van der Waals surface area contributed by atoms with Gasteiger partial charge in [-0.15, -0.1) is 0 Å². The van der Waals surface area contributed by atoms with E-state index >= 15 is 0 Å². The van der Waals surface area contributed by atoms with E-state index in [1.807, 2.05) is 6.92 Å². The largest absolute Gasteiger partial charge is 0.481 e. The number of amides is 2. The van der Waals surface area contributed by atoms with Crippen molar-refractivity contribution < 1.29 is 24.2 Å². The van der Waals surface area contributed by atoms with Gasteiger partial charge < -0.3 is 20.1 Å². The molecule has 0 aromatic carbocycles. The summed E-state index contributed by atoms with van der Waals surface area (Å²) in [7, 11) is 0. The Balaban J connectivity index is 2.70. The molecule has 1 heterocycles. The Hall–Kier alpha value is -1.79. The van der Waals surface area contributed by atoms with Crippen LogP contribution in [-0.2, 0) is 14.3 Å². The van der Waals surface area contributed by atoms with E-state index in [0.717, 1.165) is 0 Å². The minimum Gasteiger partial charge on any atom is -0.481 e. The number of rotatable bonds is 4. The quantitative estimate of drug-likeness (QED) is 0.822. The fraction of sp³-hybridized carbons (Fsp3) is 0.800. The molecule has 0 radical (unpaired) electrons.